The summed E-state index contributed by atoms with van der Waals surface area (Å²) in [6.45, 7) is 7.59. The predicted molar refractivity (Wildman–Crippen MR) is 86.7 cm³/mol. The normalized spacial score (nSPS) is 27.4. The van der Waals surface area contributed by atoms with E-state index in [2.05, 4.69) is 51.2 Å². The van der Waals surface area contributed by atoms with Gasteiger partial charge in [-0.1, -0.05) is 31.6 Å². The van der Waals surface area contributed by atoms with Crippen molar-refractivity contribution in [3.63, 3.8) is 0 Å². The lowest BCUT2D eigenvalue weighted by Gasteiger charge is -2.15. The van der Waals surface area contributed by atoms with Crippen molar-refractivity contribution in [2.75, 3.05) is 18.9 Å². The maximum atomic E-state index is 5.49. The maximum absolute atomic E-state index is 5.49. The van der Waals surface area contributed by atoms with Crippen molar-refractivity contribution in [1.29, 1.82) is 0 Å². The molecule has 0 aromatic carbocycles. The molecule has 0 aromatic heterocycles. The van der Waals surface area contributed by atoms with E-state index in [1.807, 2.05) is 0 Å². The van der Waals surface area contributed by atoms with E-state index >= 15 is 0 Å². The SMILES string of the molecule is C/C=C/C(CCC)[P+]1(CC)C/C1=C\C=C\CCN. The molecule has 0 amide bonds. The Hall–Kier alpha value is -0.390. The summed E-state index contributed by atoms with van der Waals surface area (Å²) in [5, 5.41) is 1.75. The van der Waals surface area contributed by atoms with E-state index < -0.39 is 7.26 Å². The lowest BCUT2D eigenvalue weighted by Crippen LogP contribution is -2.04. The molecular formula is C16H29NP+. The van der Waals surface area contributed by atoms with Crippen molar-refractivity contribution in [2.45, 2.75) is 45.7 Å². The molecule has 0 bridgehead atoms. The van der Waals surface area contributed by atoms with Crippen LogP contribution in [0.4, 0.5) is 0 Å². The van der Waals surface area contributed by atoms with Crippen molar-refractivity contribution in [3.05, 3.63) is 35.7 Å². The quantitative estimate of drug-likeness (QED) is 0.505. The second kappa shape index (κ2) is 7.92. The Morgan fingerprint density at radius 1 is 1.39 bits per heavy atom. The highest BCUT2D eigenvalue weighted by Gasteiger charge is 2.60. The van der Waals surface area contributed by atoms with Crippen LogP contribution in [0.5, 0.6) is 0 Å². The summed E-state index contributed by atoms with van der Waals surface area (Å²) in [7, 11) is -0.784. The molecule has 0 saturated carbocycles. The Balaban J connectivity index is 2.71. The van der Waals surface area contributed by atoms with Crippen LogP contribution in [0.1, 0.15) is 40.0 Å². The van der Waals surface area contributed by atoms with Gasteiger partial charge < -0.3 is 5.73 Å². The summed E-state index contributed by atoms with van der Waals surface area (Å²) in [6, 6.07) is 0. The Kier molecular flexibility index (Phi) is 6.89. The zero-order chi connectivity index (χ0) is 13.4. The molecule has 1 rings (SSSR count). The molecule has 18 heavy (non-hydrogen) atoms. The van der Waals surface area contributed by atoms with Crippen molar-refractivity contribution in [2.24, 2.45) is 5.73 Å². The van der Waals surface area contributed by atoms with E-state index in [9.17, 15) is 0 Å². The second-order valence-corrected chi connectivity index (χ2v) is 9.31. The molecule has 1 aliphatic rings. The molecule has 2 unspecified atom stereocenters. The molecule has 1 heterocycles. The van der Waals surface area contributed by atoms with Crippen molar-refractivity contribution < 1.29 is 0 Å². The fourth-order valence-electron chi connectivity index (χ4n) is 2.73. The highest BCUT2D eigenvalue weighted by molar-refractivity contribution is 7.88. The van der Waals surface area contributed by atoms with Crippen LogP contribution >= 0.6 is 7.26 Å². The predicted octanol–water partition coefficient (Wildman–Crippen LogP) is 4.57. The highest BCUT2D eigenvalue weighted by atomic mass is 31.2. The lowest BCUT2D eigenvalue weighted by molar-refractivity contribution is 0.818. The Morgan fingerprint density at radius 2 is 2.17 bits per heavy atom. The molecule has 0 aromatic rings. The van der Waals surface area contributed by atoms with Gasteiger partial charge in [0.1, 0.15) is 11.5 Å². The lowest BCUT2D eigenvalue weighted by atomic mass is 10.2. The maximum Gasteiger partial charge on any atom is 0.121 e. The first-order chi connectivity index (χ1) is 8.75. The summed E-state index contributed by atoms with van der Waals surface area (Å²) in [5.41, 5.74) is 6.33. The molecule has 1 aliphatic heterocycles. The topological polar surface area (TPSA) is 26.0 Å². The third-order valence-electron chi connectivity index (χ3n) is 3.87. The molecule has 1 saturated heterocycles. The van der Waals surface area contributed by atoms with E-state index in [1.165, 1.54) is 25.2 Å². The Labute approximate surface area is 114 Å². The first kappa shape index (κ1) is 15.7. The van der Waals surface area contributed by atoms with Gasteiger partial charge in [-0.25, -0.2) is 0 Å². The number of hydrogen-bond donors (Lipinski definition) is 1. The van der Waals surface area contributed by atoms with Crippen LogP contribution in [0, 0.1) is 0 Å². The van der Waals surface area contributed by atoms with Crippen LogP contribution in [-0.4, -0.2) is 24.5 Å². The number of hydrogen-bond acceptors (Lipinski definition) is 1. The third-order valence-corrected chi connectivity index (χ3v) is 8.67. The largest absolute Gasteiger partial charge is 0.330 e. The molecule has 2 atom stereocenters. The van der Waals surface area contributed by atoms with Crippen LogP contribution in [0.2, 0.25) is 0 Å². The first-order valence-corrected chi connectivity index (χ1v) is 9.53. The smallest absolute Gasteiger partial charge is 0.121 e. The average molecular weight is 266 g/mol. The summed E-state index contributed by atoms with van der Waals surface area (Å²) in [4.78, 5) is 0. The summed E-state index contributed by atoms with van der Waals surface area (Å²) >= 11 is 0. The fraction of sp³-hybridized carbons (Fsp3) is 0.625. The summed E-state index contributed by atoms with van der Waals surface area (Å²) in [5.74, 6) is 0. The van der Waals surface area contributed by atoms with Gasteiger partial charge in [0.15, 0.2) is 0 Å². The van der Waals surface area contributed by atoms with E-state index in [4.69, 9.17) is 5.73 Å². The zero-order valence-electron chi connectivity index (χ0n) is 12.2. The van der Waals surface area contributed by atoms with Crippen LogP contribution in [0.25, 0.3) is 0 Å². The molecule has 102 valence electrons. The molecule has 1 nitrogen and oxygen atoms in total. The molecule has 0 aliphatic carbocycles. The van der Waals surface area contributed by atoms with Gasteiger partial charge in [-0.3, -0.25) is 0 Å². The van der Waals surface area contributed by atoms with Crippen molar-refractivity contribution >= 4 is 7.26 Å². The van der Waals surface area contributed by atoms with E-state index in [-0.39, 0.29) is 0 Å². The Bertz CT molecular complexity index is 330. The van der Waals surface area contributed by atoms with Crippen LogP contribution in [0.15, 0.2) is 35.7 Å². The van der Waals surface area contributed by atoms with Gasteiger partial charge in [0.25, 0.3) is 0 Å². The van der Waals surface area contributed by atoms with Gasteiger partial charge in [-0.05, 0) is 45.4 Å². The first-order valence-electron chi connectivity index (χ1n) is 7.31. The van der Waals surface area contributed by atoms with Gasteiger partial charge in [0.05, 0.1) is 19.1 Å². The van der Waals surface area contributed by atoms with Gasteiger partial charge in [0, 0.05) is 0 Å². The fourth-order valence-corrected chi connectivity index (χ4v) is 7.29. The van der Waals surface area contributed by atoms with Gasteiger partial charge in [-0.2, -0.15) is 0 Å². The van der Waals surface area contributed by atoms with Gasteiger partial charge >= 0.3 is 0 Å². The van der Waals surface area contributed by atoms with Gasteiger partial charge in [0.2, 0.25) is 0 Å². The molecule has 0 spiro atoms. The third kappa shape index (κ3) is 3.80. The van der Waals surface area contributed by atoms with Crippen molar-refractivity contribution in [3.8, 4) is 0 Å². The summed E-state index contributed by atoms with van der Waals surface area (Å²) in [6.07, 6.45) is 17.9. The molecular weight excluding hydrogens is 237 g/mol. The van der Waals surface area contributed by atoms with Crippen LogP contribution in [0.3, 0.4) is 0 Å². The average Bonchev–Trinajstić information content (AvgIpc) is 3.09. The minimum Gasteiger partial charge on any atom is -0.330 e. The number of rotatable bonds is 8. The standard InChI is InChI=1S/C16H29NP/c1-4-10-15(11-5-2)18(6-3)14-16(18)12-8-7-9-13-17/h4,7-8,10,12,15H,5-6,9,11,13-14,17H2,1-3H3/q+1/b8-7+,10-4+,16-12+. The van der Waals surface area contributed by atoms with Crippen molar-refractivity contribution in [1.82, 2.24) is 0 Å². The number of allylic oxidation sites excluding steroid dienone is 5. The van der Waals surface area contributed by atoms with Gasteiger partial charge in [-0.15, -0.1) is 0 Å². The van der Waals surface area contributed by atoms with E-state index in [1.54, 1.807) is 5.31 Å². The molecule has 1 fully saturated rings. The van der Waals surface area contributed by atoms with E-state index in [0.29, 0.717) is 0 Å². The molecule has 2 N–H and O–H groups in total. The monoisotopic (exact) mass is 266 g/mol. The number of nitrogens with two attached hydrogens (primary N) is 1. The van der Waals surface area contributed by atoms with Crippen LogP contribution in [-0.2, 0) is 0 Å². The summed E-state index contributed by atoms with van der Waals surface area (Å²) < 4.78 is 0. The molecule has 0 radical (unpaired) electrons. The van der Waals surface area contributed by atoms with Crippen LogP contribution < -0.4 is 5.73 Å². The highest BCUT2D eigenvalue weighted by Crippen LogP contribution is 2.85. The Morgan fingerprint density at radius 3 is 2.72 bits per heavy atom. The molecule has 2 heteroatoms. The minimum atomic E-state index is -0.784. The second-order valence-electron chi connectivity index (χ2n) is 5.05. The zero-order valence-corrected chi connectivity index (χ0v) is 13.1. The van der Waals surface area contributed by atoms with E-state index in [0.717, 1.165) is 18.6 Å². The minimum absolute atomic E-state index is 0.755.